The molecule has 0 amide bonds. The van der Waals surface area contributed by atoms with Crippen LogP contribution in [0.5, 0.6) is 0 Å². The fourth-order valence-corrected chi connectivity index (χ4v) is 4.25. The van der Waals surface area contributed by atoms with E-state index in [2.05, 4.69) is 27.6 Å². The third-order valence-electron chi connectivity index (χ3n) is 1.41. The summed E-state index contributed by atoms with van der Waals surface area (Å²) in [6.07, 6.45) is 8.02. The first kappa shape index (κ1) is 18.1. The van der Waals surface area contributed by atoms with Crippen molar-refractivity contribution in [1.29, 1.82) is 0 Å². The molecule has 0 heterocycles. The van der Waals surface area contributed by atoms with E-state index in [1.807, 2.05) is 0 Å². The molecular weight excluding hydrogens is 369 g/mol. The average molecular weight is 380 g/mol. The molecule has 0 aromatic heterocycles. The molecule has 0 bridgehead atoms. The Bertz CT molecular complexity index is 141. The van der Waals surface area contributed by atoms with Gasteiger partial charge >= 0.3 is 58.8 Å². The molecule has 0 saturated heterocycles. The molecule has 0 unspecified atom stereocenters. The van der Waals surface area contributed by atoms with Crippen molar-refractivity contribution < 1.29 is 58.7 Å². The van der Waals surface area contributed by atoms with Crippen LogP contribution in [0.3, 0.4) is 0 Å². The largest absolute Gasteiger partial charge is 1.00 e. The summed E-state index contributed by atoms with van der Waals surface area (Å²) in [7, 11) is 0. The van der Waals surface area contributed by atoms with Gasteiger partial charge in [0, 0.05) is 0 Å². The van der Waals surface area contributed by atoms with E-state index < -0.39 is 21.4 Å². The Kier molecular flexibility index (Phi) is 15.3. The zero-order valence-electron chi connectivity index (χ0n) is 6.57. The van der Waals surface area contributed by atoms with Gasteiger partial charge in [-0.05, 0) is 0 Å². The fourth-order valence-electron chi connectivity index (χ4n) is 0.818. The number of hydrogen-bond donors (Lipinski definition) is 0. The topological polar surface area (TPSA) is 0 Å². The maximum Gasteiger partial charge on any atom is -1.00 e. The van der Waals surface area contributed by atoms with E-state index in [0.29, 0.717) is 0 Å². The van der Waals surface area contributed by atoms with Gasteiger partial charge in [0.1, 0.15) is 0 Å². The molecule has 0 atom stereocenters. The maximum atomic E-state index is 2.45. The van der Waals surface area contributed by atoms with Crippen LogP contribution in [0.15, 0.2) is 21.6 Å². The molecule has 1 aliphatic rings. The predicted molar refractivity (Wildman–Crippen MR) is 33.6 cm³/mol. The zero-order chi connectivity index (χ0) is 5.98. The van der Waals surface area contributed by atoms with E-state index in [1.54, 1.807) is 3.33 Å². The van der Waals surface area contributed by atoms with Crippen LogP contribution in [-0.2, 0) is 21.4 Å². The van der Waals surface area contributed by atoms with Gasteiger partial charge in [0.25, 0.3) is 0 Å². The third kappa shape index (κ3) is 6.39. The number of hydrogen-bond acceptors (Lipinski definition) is 0. The fraction of sp³-hybridized carbons (Fsp3) is 0.429. The van der Waals surface area contributed by atoms with Crippen LogP contribution < -0.4 is 37.2 Å². The van der Waals surface area contributed by atoms with Crippen molar-refractivity contribution in [3.05, 3.63) is 21.6 Å². The van der Waals surface area contributed by atoms with Crippen LogP contribution in [0.1, 0.15) is 6.42 Å². The van der Waals surface area contributed by atoms with Crippen molar-refractivity contribution in [2.24, 2.45) is 0 Å². The first-order chi connectivity index (χ1) is 3.80. The molecule has 64 valence electrons. The van der Waals surface area contributed by atoms with Crippen molar-refractivity contribution in [2.45, 2.75) is 15.8 Å². The molecule has 0 saturated carbocycles. The molecule has 0 aliphatic heterocycles. The summed E-state index contributed by atoms with van der Waals surface area (Å²) in [5.41, 5.74) is 0. The summed E-state index contributed by atoms with van der Waals surface area (Å²) in [6, 6.07) is 0. The van der Waals surface area contributed by atoms with Gasteiger partial charge in [0.15, 0.2) is 0 Å². The Labute approximate surface area is 95.3 Å². The van der Waals surface area contributed by atoms with Crippen molar-refractivity contribution >= 4 is 0 Å². The second-order valence-electron chi connectivity index (χ2n) is 2.32. The Hall–Kier alpha value is 1.22. The van der Waals surface area contributed by atoms with Crippen LogP contribution >= 0.6 is 0 Å². The minimum atomic E-state index is -1.05. The normalized spacial score (nSPS) is 11.2. The SMILES string of the molecule is [CH3][Hf+3]([CH3])[C]1=CC=CC1.[Cl-].[Cl-].[Cl-]. The van der Waals surface area contributed by atoms with Crippen molar-refractivity contribution in [1.82, 2.24) is 0 Å². The van der Waals surface area contributed by atoms with Crippen LogP contribution in [0.25, 0.3) is 0 Å². The van der Waals surface area contributed by atoms with Crippen molar-refractivity contribution in [3.63, 3.8) is 0 Å². The van der Waals surface area contributed by atoms with Gasteiger partial charge in [-0.2, -0.15) is 0 Å². The van der Waals surface area contributed by atoms with Crippen LogP contribution in [0.4, 0.5) is 0 Å². The van der Waals surface area contributed by atoms with E-state index >= 15 is 0 Å². The van der Waals surface area contributed by atoms with E-state index in [9.17, 15) is 0 Å². The quantitative estimate of drug-likeness (QED) is 0.398. The monoisotopic (exact) mass is 380 g/mol. The predicted octanol–water partition coefficient (Wildman–Crippen LogP) is -6.44. The van der Waals surface area contributed by atoms with Crippen LogP contribution in [0, 0.1) is 0 Å². The molecule has 11 heavy (non-hydrogen) atoms. The molecule has 0 N–H and O–H groups in total. The van der Waals surface area contributed by atoms with E-state index in [4.69, 9.17) is 0 Å². The molecule has 0 nitrogen and oxygen atoms in total. The minimum absolute atomic E-state index is 0. The number of allylic oxidation sites excluding steroid dienone is 4. The van der Waals surface area contributed by atoms with Gasteiger partial charge in [-0.15, -0.1) is 0 Å². The maximum absolute atomic E-state index is 2.45. The van der Waals surface area contributed by atoms with Crippen LogP contribution in [0.2, 0.25) is 9.36 Å². The minimum Gasteiger partial charge on any atom is -1.00 e. The second-order valence-corrected chi connectivity index (χ2v) is 11.8. The molecule has 0 aromatic rings. The number of halogens is 3. The van der Waals surface area contributed by atoms with Gasteiger partial charge in [0.05, 0.1) is 0 Å². The van der Waals surface area contributed by atoms with Gasteiger partial charge in [-0.25, -0.2) is 0 Å². The second kappa shape index (κ2) is 9.31. The molecule has 1 aliphatic carbocycles. The van der Waals surface area contributed by atoms with E-state index in [0.717, 1.165) is 0 Å². The Morgan fingerprint density at radius 2 is 1.73 bits per heavy atom. The molecule has 1 rings (SSSR count). The Balaban J connectivity index is -0.000000213. The number of rotatable bonds is 1. The zero-order valence-corrected chi connectivity index (χ0v) is 12.4. The molecule has 0 aromatic carbocycles. The van der Waals surface area contributed by atoms with Crippen molar-refractivity contribution in [2.75, 3.05) is 0 Å². The average Bonchev–Trinajstić information content (AvgIpc) is 2.12. The van der Waals surface area contributed by atoms with Gasteiger partial charge in [0.2, 0.25) is 0 Å². The van der Waals surface area contributed by atoms with E-state index in [-0.39, 0.29) is 37.2 Å². The van der Waals surface area contributed by atoms with E-state index in [1.165, 1.54) is 6.42 Å². The Morgan fingerprint density at radius 1 is 1.18 bits per heavy atom. The summed E-state index contributed by atoms with van der Waals surface area (Å²) < 4.78 is 6.67. The summed E-state index contributed by atoms with van der Waals surface area (Å²) in [5, 5.41) is 0. The summed E-state index contributed by atoms with van der Waals surface area (Å²) in [5.74, 6) is 0. The molecule has 0 radical (unpaired) electrons. The standard InChI is InChI=1S/C5H5.2CH3.3ClH.Hf/c1-2-4-5-3-1;;;;;;/h1-3H,4H2;2*1H3;3*1H;/q;;;;;;+3/p-3. The van der Waals surface area contributed by atoms with Crippen LogP contribution in [-0.4, -0.2) is 0 Å². The first-order valence-electron chi connectivity index (χ1n) is 2.97. The summed E-state index contributed by atoms with van der Waals surface area (Å²) in [6.45, 7) is 0. The van der Waals surface area contributed by atoms with Crippen molar-refractivity contribution in [3.8, 4) is 0 Å². The third-order valence-corrected chi connectivity index (χ3v) is 7.36. The summed E-state index contributed by atoms with van der Waals surface area (Å²) in [4.78, 5) is 0. The molecule has 0 fully saturated rings. The molecule has 0 spiro atoms. The Morgan fingerprint density at radius 3 is 1.91 bits per heavy atom. The smallest absolute Gasteiger partial charge is 1.00 e. The van der Waals surface area contributed by atoms with Gasteiger partial charge in [-0.1, -0.05) is 0 Å². The summed E-state index contributed by atoms with van der Waals surface area (Å²) >= 11 is -1.05. The molecular formula is C7H11Cl3Hf. The first-order valence-corrected chi connectivity index (χ1v) is 11.9. The van der Waals surface area contributed by atoms with Gasteiger partial charge in [-0.3, -0.25) is 0 Å². The molecule has 4 heteroatoms. The van der Waals surface area contributed by atoms with Gasteiger partial charge < -0.3 is 37.2 Å².